The number of Topliss-reactive ketones (excluding diaryl/α,β-unsaturated/α-hetero) is 1. The Kier molecular flexibility index (Phi) is 5.87. The van der Waals surface area contributed by atoms with Gasteiger partial charge in [0, 0.05) is 23.1 Å². The summed E-state index contributed by atoms with van der Waals surface area (Å²) in [5.74, 6) is -0.325. The van der Waals surface area contributed by atoms with Gasteiger partial charge in [-0.25, -0.2) is 4.79 Å². The van der Waals surface area contributed by atoms with Crippen LogP contribution in [0.2, 0.25) is 0 Å². The Hall–Kier alpha value is -2.68. The molecule has 0 N–H and O–H groups in total. The Morgan fingerprint density at radius 2 is 1.96 bits per heavy atom. The summed E-state index contributed by atoms with van der Waals surface area (Å²) >= 11 is 0. The highest BCUT2D eigenvalue weighted by molar-refractivity contribution is 6.10. The number of allylic oxidation sites excluding steroid dienone is 5. The Morgan fingerprint density at radius 3 is 2.57 bits per heavy atom. The monoisotopic (exact) mass is 308 g/mol. The lowest BCUT2D eigenvalue weighted by Gasteiger charge is -2.09. The van der Waals surface area contributed by atoms with Crippen molar-refractivity contribution in [2.24, 2.45) is 0 Å². The van der Waals surface area contributed by atoms with Crippen molar-refractivity contribution in [3.8, 4) is 0 Å². The summed E-state index contributed by atoms with van der Waals surface area (Å²) in [6.07, 6.45) is 9.08. The van der Waals surface area contributed by atoms with Crippen LogP contribution in [0, 0.1) is 0 Å². The van der Waals surface area contributed by atoms with Crippen molar-refractivity contribution >= 4 is 11.8 Å². The van der Waals surface area contributed by atoms with Crippen LogP contribution in [0.3, 0.4) is 0 Å². The van der Waals surface area contributed by atoms with Crippen LogP contribution in [0.4, 0.5) is 0 Å². The zero-order valence-corrected chi connectivity index (χ0v) is 13.2. The molecule has 0 heterocycles. The summed E-state index contributed by atoms with van der Waals surface area (Å²) in [6, 6.07) is 9.25. The van der Waals surface area contributed by atoms with Crippen LogP contribution in [0.25, 0.3) is 0 Å². The van der Waals surface area contributed by atoms with E-state index in [1.165, 1.54) is 0 Å². The molecule has 3 nitrogen and oxygen atoms in total. The van der Waals surface area contributed by atoms with Crippen LogP contribution >= 0.6 is 0 Å². The molecular weight excluding hydrogens is 288 g/mol. The normalized spacial score (nSPS) is 15.2. The molecule has 0 unspecified atom stereocenters. The van der Waals surface area contributed by atoms with Crippen LogP contribution in [-0.4, -0.2) is 18.4 Å². The van der Waals surface area contributed by atoms with Crippen molar-refractivity contribution in [3.63, 3.8) is 0 Å². The van der Waals surface area contributed by atoms with E-state index in [1.807, 2.05) is 54.6 Å². The fourth-order valence-corrected chi connectivity index (χ4v) is 2.16. The van der Waals surface area contributed by atoms with Crippen molar-refractivity contribution in [3.05, 3.63) is 83.5 Å². The minimum Gasteiger partial charge on any atom is -0.462 e. The van der Waals surface area contributed by atoms with Crippen LogP contribution in [0.5, 0.6) is 0 Å². The van der Waals surface area contributed by atoms with Crippen molar-refractivity contribution in [1.29, 1.82) is 0 Å². The van der Waals surface area contributed by atoms with Gasteiger partial charge >= 0.3 is 5.97 Å². The number of hydrogen-bond donors (Lipinski definition) is 0. The summed E-state index contributed by atoms with van der Waals surface area (Å²) < 4.78 is 5.04. The minimum absolute atomic E-state index is 0.0382. The lowest BCUT2D eigenvalue weighted by molar-refractivity contribution is -0.138. The average molecular weight is 308 g/mol. The van der Waals surface area contributed by atoms with Crippen molar-refractivity contribution in [2.45, 2.75) is 19.8 Å². The van der Waals surface area contributed by atoms with Gasteiger partial charge in [-0.3, -0.25) is 4.79 Å². The van der Waals surface area contributed by atoms with E-state index in [0.717, 1.165) is 5.57 Å². The van der Waals surface area contributed by atoms with Gasteiger partial charge in [0.1, 0.15) is 0 Å². The van der Waals surface area contributed by atoms with E-state index in [2.05, 4.69) is 6.58 Å². The molecule has 1 aromatic rings. The summed E-state index contributed by atoms with van der Waals surface area (Å²) in [7, 11) is 0. The zero-order chi connectivity index (χ0) is 16.7. The molecule has 1 aliphatic carbocycles. The smallest absolute Gasteiger partial charge is 0.333 e. The van der Waals surface area contributed by atoms with Crippen LogP contribution in [-0.2, 0) is 9.53 Å². The first-order chi connectivity index (χ1) is 11.1. The lowest BCUT2D eigenvalue weighted by Crippen LogP contribution is -2.06. The second kappa shape index (κ2) is 8.08. The van der Waals surface area contributed by atoms with Gasteiger partial charge in [0.2, 0.25) is 0 Å². The number of ketones is 1. The minimum atomic E-state index is -0.363. The molecule has 0 fully saturated rings. The Labute approximate surface area is 136 Å². The van der Waals surface area contributed by atoms with E-state index in [4.69, 9.17) is 4.74 Å². The quantitative estimate of drug-likeness (QED) is 0.342. The molecule has 23 heavy (non-hydrogen) atoms. The van der Waals surface area contributed by atoms with Crippen LogP contribution in [0.1, 0.15) is 30.1 Å². The van der Waals surface area contributed by atoms with Gasteiger partial charge in [0.05, 0.1) is 6.61 Å². The highest BCUT2D eigenvalue weighted by atomic mass is 16.5. The van der Waals surface area contributed by atoms with Gasteiger partial charge in [0.25, 0.3) is 0 Å². The van der Waals surface area contributed by atoms with E-state index in [9.17, 15) is 9.59 Å². The van der Waals surface area contributed by atoms with Crippen LogP contribution in [0.15, 0.2) is 77.9 Å². The van der Waals surface area contributed by atoms with Gasteiger partial charge in [-0.15, -0.1) is 0 Å². The molecule has 0 saturated heterocycles. The van der Waals surface area contributed by atoms with Gasteiger partial charge in [-0.1, -0.05) is 61.2 Å². The standard InChI is InChI=1S/C20H20O3/c1-15(2)20(22)23-14-6-7-16-10-12-18(13-11-16)19(21)17-8-4-3-5-9-17/h3-5,7-10,12-13H,1,6,11,14H2,2H3. The molecule has 3 heteroatoms. The van der Waals surface area contributed by atoms with Crippen molar-refractivity contribution < 1.29 is 14.3 Å². The van der Waals surface area contributed by atoms with E-state index in [-0.39, 0.29) is 11.8 Å². The number of hydrogen-bond acceptors (Lipinski definition) is 3. The van der Waals surface area contributed by atoms with Crippen molar-refractivity contribution in [2.75, 3.05) is 6.61 Å². The van der Waals surface area contributed by atoms with Gasteiger partial charge in [0.15, 0.2) is 5.78 Å². The summed E-state index contributed by atoms with van der Waals surface area (Å²) in [4.78, 5) is 23.5. The van der Waals surface area contributed by atoms with Gasteiger partial charge in [-0.05, 0) is 18.9 Å². The third-order valence-electron chi connectivity index (χ3n) is 3.44. The Balaban J connectivity index is 1.85. The third-order valence-corrected chi connectivity index (χ3v) is 3.44. The lowest BCUT2D eigenvalue weighted by atomic mass is 9.95. The molecule has 1 aliphatic rings. The summed E-state index contributed by atoms with van der Waals surface area (Å²) in [6.45, 7) is 5.49. The van der Waals surface area contributed by atoms with E-state index < -0.39 is 0 Å². The van der Waals surface area contributed by atoms with Crippen molar-refractivity contribution in [1.82, 2.24) is 0 Å². The molecule has 0 bridgehead atoms. The predicted octanol–water partition coefficient (Wildman–Crippen LogP) is 4.19. The van der Waals surface area contributed by atoms with Gasteiger partial charge < -0.3 is 4.74 Å². The number of ether oxygens (including phenoxy) is 1. The fraction of sp³-hybridized carbons (Fsp3) is 0.200. The maximum atomic E-state index is 12.3. The predicted molar refractivity (Wildman–Crippen MR) is 91.1 cm³/mol. The Bertz CT molecular complexity index is 691. The molecule has 0 saturated carbocycles. The van der Waals surface area contributed by atoms with E-state index in [1.54, 1.807) is 6.92 Å². The molecule has 2 rings (SSSR count). The number of rotatable bonds is 6. The van der Waals surface area contributed by atoms with Crippen LogP contribution < -0.4 is 0 Å². The third kappa shape index (κ3) is 4.92. The van der Waals surface area contributed by atoms with Gasteiger partial charge in [-0.2, -0.15) is 0 Å². The second-order valence-electron chi connectivity index (χ2n) is 5.38. The first-order valence-corrected chi connectivity index (χ1v) is 7.57. The van der Waals surface area contributed by atoms with E-state index >= 15 is 0 Å². The van der Waals surface area contributed by atoms with E-state index in [0.29, 0.717) is 36.2 Å². The molecule has 0 radical (unpaired) electrons. The molecule has 0 atom stereocenters. The topological polar surface area (TPSA) is 43.4 Å². The summed E-state index contributed by atoms with van der Waals surface area (Å²) in [5, 5.41) is 0. The SMILES string of the molecule is C=C(C)C(=O)OCCC=C1C=CC(C(=O)c2ccccc2)=CC1. The summed E-state index contributed by atoms with van der Waals surface area (Å²) in [5.41, 5.74) is 2.92. The molecule has 118 valence electrons. The number of carbonyl (C=O) groups is 2. The zero-order valence-electron chi connectivity index (χ0n) is 13.2. The first kappa shape index (κ1) is 16.7. The Morgan fingerprint density at radius 1 is 1.22 bits per heavy atom. The number of benzene rings is 1. The maximum Gasteiger partial charge on any atom is 0.333 e. The number of carbonyl (C=O) groups excluding carboxylic acids is 2. The molecule has 0 spiro atoms. The molecule has 0 aromatic heterocycles. The first-order valence-electron chi connectivity index (χ1n) is 7.57. The highest BCUT2D eigenvalue weighted by Gasteiger charge is 2.11. The largest absolute Gasteiger partial charge is 0.462 e. The average Bonchev–Trinajstić information content (AvgIpc) is 2.59. The maximum absolute atomic E-state index is 12.3. The fourth-order valence-electron chi connectivity index (χ4n) is 2.16. The second-order valence-corrected chi connectivity index (χ2v) is 5.38. The molecular formula is C20H20O3. The molecule has 0 aliphatic heterocycles. The molecule has 0 amide bonds. The highest BCUT2D eigenvalue weighted by Crippen LogP contribution is 2.19. The number of esters is 1. The molecule has 1 aromatic carbocycles.